The topological polar surface area (TPSA) is 80.5 Å². The monoisotopic (exact) mass is 270 g/mol. The molecular formula is C12H18N2O3S. The summed E-state index contributed by atoms with van der Waals surface area (Å²) in [6.45, 7) is 5.08. The van der Waals surface area contributed by atoms with E-state index < -0.39 is 15.9 Å². The molecule has 0 spiro atoms. The van der Waals surface area contributed by atoms with Crippen LogP contribution in [0.25, 0.3) is 0 Å². The van der Waals surface area contributed by atoms with Gasteiger partial charge in [0, 0.05) is 13.0 Å². The number of nitrogen functional groups attached to an aromatic ring is 1. The number of aryl methyl sites for hydroxylation is 1. The summed E-state index contributed by atoms with van der Waals surface area (Å²) in [7, 11) is -3.86. The van der Waals surface area contributed by atoms with Gasteiger partial charge < -0.3 is 5.73 Å². The number of para-hydroxylation sites is 1. The number of hydrogen-bond donors (Lipinski definition) is 1. The smallest absolute Gasteiger partial charge is 0.268 e. The largest absolute Gasteiger partial charge is 0.397 e. The lowest BCUT2D eigenvalue weighted by Gasteiger charge is -2.21. The molecule has 0 fully saturated rings. The maximum absolute atomic E-state index is 12.4. The van der Waals surface area contributed by atoms with Crippen LogP contribution in [0.15, 0.2) is 23.1 Å². The van der Waals surface area contributed by atoms with E-state index in [4.69, 9.17) is 5.73 Å². The van der Waals surface area contributed by atoms with E-state index >= 15 is 0 Å². The molecule has 1 aromatic carbocycles. The minimum absolute atomic E-state index is 0.00819. The van der Waals surface area contributed by atoms with Gasteiger partial charge >= 0.3 is 0 Å². The van der Waals surface area contributed by atoms with Crippen molar-refractivity contribution in [1.82, 2.24) is 4.31 Å². The van der Waals surface area contributed by atoms with E-state index in [1.165, 1.54) is 6.07 Å². The first-order valence-corrected chi connectivity index (χ1v) is 7.20. The van der Waals surface area contributed by atoms with Crippen LogP contribution in [-0.2, 0) is 14.8 Å². The molecule has 0 bridgehead atoms. The summed E-state index contributed by atoms with van der Waals surface area (Å²) in [5.41, 5.74) is 6.66. The highest BCUT2D eigenvalue weighted by molar-refractivity contribution is 7.89. The summed E-state index contributed by atoms with van der Waals surface area (Å²) < 4.78 is 25.6. The summed E-state index contributed by atoms with van der Waals surface area (Å²) in [5.74, 6) is -0.432. The van der Waals surface area contributed by atoms with Gasteiger partial charge in [0.2, 0.25) is 5.91 Å². The van der Waals surface area contributed by atoms with E-state index in [0.717, 1.165) is 4.31 Å². The van der Waals surface area contributed by atoms with Crippen molar-refractivity contribution in [2.45, 2.75) is 32.1 Å². The van der Waals surface area contributed by atoms with E-state index in [2.05, 4.69) is 0 Å². The molecule has 0 radical (unpaired) electrons. The van der Waals surface area contributed by atoms with E-state index in [9.17, 15) is 13.2 Å². The second-order valence-electron chi connectivity index (χ2n) is 3.90. The van der Waals surface area contributed by atoms with E-state index in [1.807, 2.05) is 0 Å². The van der Waals surface area contributed by atoms with E-state index in [1.54, 1.807) is 32.9 Å². The van der Waals surface area contributed by atoms with Crippen molar-refractivity contribution in [2.24, 2.45) is 0 Å². The van der Waals surface area contributed by atoms with Gasteiger partial charge in [0.25, 0.3) is 10.0 Å². The molecule has 100 valence electrons. The van der Waals surface area contributed by atoms with Gasteiger partial charge in [-0.05, 0) is 25.5 Å². The van der Waals surface area contributed by atoms with Gasteiger partial charge in [-0.15, -0.1) is 0 Å². The van der Waals surface area contributed by atoms with Crippen LogP contribution in [0.5, 0.6) is 0 Å². The van der Waals surface area contributed by atoms with Crippen LogP contribution in [0.3, 0.4) is 0 Å². The minimum atomic E-state index is -3.86. The van der Waals surface area contributed by atoms with Crippen molar-refractivity contribution in [2.75, 3.05) is 12.3 Å². The lowest BCUT2D eigenvalue weighted by atomic mass is 10.2. The summed E-state index contributed by atoms with van der Waals surface area (Å²) in [6, 6.07) is 4.76. The van der Waals surface area contributed by atoms with Crippen LogP contribution in [-0.4, -0.2) is 25.2 Å². The van der Waals surface area contributed by atoms with Gasteiger partial charge in [0.1, 0.15) is 4.90 Å². The highest BCUT2D eigenvalue weighted by Crippen LogP contribution is 2.25. The van der Waals surface area contributed by atoms with Gasteiger partial charge in [0.15, 0.2) is 0 Å². The Morgan fingerprint density at radius 1 is 1.33 bits per heavy atom. The van der Waals surface area contributed by atoms with Crippen LogP contribution < -0.4 is 5.73 Å². The third kappa shape index (κ3) is 2.48. The first-order valence-electron chi connectivity index (χ1n) is 5.76. The third-order valence-corrected chi connectivity index (χ3v) is 4.67. The zero-order valence-electron chi connectivity index (χ0n) is 10.8. The summed E-state index contributed by atoms with van der Waals surface area (Å²) >= 11 is 0. The zero-order valence-corrected chi connectivity index (χ0v) is 11.6. The molecule has 0 atom stereocenters. The van der Waals surface area contributed by atoms with Crippen LogP contribution in [0.2, 0.25) is 0 Å². The number of nitrogens with zero attached hydrogens (tertiary/aromatic N) is 1. The molecule has 0 aliphatic heterocycles. The van der Waals surface area contributed by atoms with E-state index in [-0.39, 0.29) is 23.5 Å². The molecule has 0 aromatic heterocycles. The predicted octanol–water partition coefficient (Wildman–Crippen LogP) is 1.52. The second-order valence-corrected chi connectivity index (χ2v) is 5.73. The number of nitrogens with two attached hydrogens (primary N) is 1. The molecule has 1 aromatic rings. The predicted molar refractivity (Wildman–Crippen MR) is 70.5 cm³/mol. The van der Waals surface area contributed by atoms with Crippen molar-refractivity contribution in [3.63, 3.8) is 0 Å². The highest BCUT2D eigenvalue weighted by Gasteiger charge is 2.28. The van der Waals surface area contributed by atoms with Crippen molar-refractivity contribution in [3.05, 3.63) is 23.8 Å². The molecule has 5 nitrogen and oxygen atoms in total. The second kappa shape index (κ2) is 5.39. The van der Waals surface area contributed by atoms with Gasteiger partial charge in [-0.25, -0.2) is 12.7 Å². The lowest BCUT2D eigenvalue weighted by Crippen LogP contribution is -2.36. The van der Waals surface area contributed by atoms with Crippen molar-refractivity contribution >= 4 is 21.6 Å². The Labute approximate surface area is 108 Å². The number of carbonyl (C=O) groups is 1. The Morgan fingerprint density at radius 3 is 2.44 bits per heavy atom. The Morgan fingerprint density at radius 2 is 1.94 bits per heavy atom. The average molecular weight is 270 g/mol. The average Bonchev–Trinajstić information content (AvgIpc) is 2.32. The quantitative estimate of drug-likeness (QED) is 0.841. The Balaban J connectivity index is 3.37. The van der Waals surface area contributed by atoms with Crippen LogP contribution >= 0.6 is 0 Å². The summed E-state index contributed by atoms with van der Waals surface area (Å²) in [5, 5.41) is 0. The molecule has 1 amide bonds. The van der Waals surface area contributed by atoms with Gasteiger partial charge in [-0.1, -0.05) is 19.1 Å². The number of carbonyl (C=O) groups excluding carboxylic acids is 1. The third-order valence-electron chi connectivity index (χ3n) is 2.72. The molecule has 6 heteroatoms. The first kappa shape index (κ1) is 14.5. The maximum atomic E-state index is 12.4. The minimum Gasteiger partial charge on any atom is -0.397 e. The standard InChI is InChI=1S/C12H18N2O3S/c1-4-11(15)14(5-2)18(16,17)10-8-6-7-9(3)12(10)13/h6-8H,4-5,13H2,1-3H3. The SMILES string of the molecule is CCC(=O)N(CC)S(=O)(=O)c1cccc(C)c1N. The Hall–Kier alpha value is -1.56. The molecule has 0 saturated carbocycles. The normalized spacial score (nSPS) is 11.3. The fourth-order valence-electron chi connectivity index (χ4n) is 1.65. The number of anilines is 1. The number of rotatable bonds is 4. The fraction of sp³-hybridized carbons (Fsp3) is 0.417. The van der Waals surface area contributed by atoms with Crippen LogP contribution in [0.1, 0.15) is 25.8 Å². The molecule has 1 rings (SSSR count). The molecule has 0 saturated heterocycles. The Kier molecular flexibility index (Phi) is 4.34. The molecule has 0 aliphatic rings. The molecule has 18 heavy (non-hydrogen) atoms. The fourth-order valence-corrected chi connectivity index (χ4v) is 3.32. The van der Waals surface area contributed by atoms with Crippen LogP contribution in [0, 0.1) is 6.92 Å². The number of amides is 1. The Bertz CT molecular complexity index is 552. The molecule has 0 heterocycles. The van der Waals surface area contributed by atoms with Crippen molar-refractivity contribution in [1.29, 1.82) is 0 Å². The van der Waals surface area contributed by atoms with E-state index in [0.29, 0.717) is 5.56 Å². The maximum Gasteiger partial charge on any atom is 0.268 e. The van der Waals surface area contributed by atoms with Gasteiger partial charge in [-0.2, -0.15) is 0 Å². The van der Waals surface area contributed by atoms with Crippen LogP contribution in [0.4, 0.5) is 5.69 Å². The van der Waals surface area contributed by atoms with Crippen molar-refractivity contribution < 1.29 is 13.2 Å². The zero-order chi connectivity index (χ0) is 13.9. The molecule has 0 unspecified atom stereocenters. The summed E-state index contributed by atoms with van der Waals surface area (Å²) in [4.78, 5) is 11.7. The number of benzene rings is 1. The molecular weight excluding hydrogens is 252 g/mol. The highest BCUT2D eigenvalue weighted by atomic mass is 32.2. The molecule has 0 aliphatic carbocycles. The number of hydrogen-bond acceptors (Lipinski definition) is 4. The van der Waals surface area contributed by atoms with Crippen molar-refractivity contribution in [3.8, 4) is 0 Å². The van der Waals surface area contributed by atoms with Gasteiger partial charge in [-0.3, -0.25) is 4.79 Å². The van der Waals surface area contributed by atoms with Gasteiger partial charge in [0.05, 0.1) is 5.69 Å². The number of sulfonamides is 1. The first-order chi connectivity index (χ1) is 8.36. The summed E-state index contributed by atoms with van der Waals surface area (Å²) in [6.07, 6.45) is 0.138. The molecule has 2 N–H and O–H groups in total. The lowest BCUT2D eigenvalue weighted by molar-refractivity contribution is -0.126.